The van der Waals surface area contributed by atoms with E-state index in [-0.39, 0.29) is 11.8 Å². The number of carbonyl (C=O) groups excluding carboxylic acids is 1. The van der Waals surface area contributed by atoms with Gasteiger partial charge >= 0.3 is 0 Å². The van der Waals surface area contributed by atoms with E-state index in [0.717, 1.165) is 12.0 Å². The lowest BCUT2D eigenvalue weighted by Crippen LogP contribution is -2.45. The first-order valence-electron chi connectivity index (χ1n) is 6.22. The van der Waals surface area contributed by atoms with Gasteiger partial charge in [-0.1, -0.05) is 6.92 Å². The molecule has 1 aromatic rings. The summed E-state index contributed by atoms with van der Waals surface area (Å²) in [6, 6.07) is 4.32. The minimum atomic E-state index is -0.489. The molecule has 1 N–H and O–H groups in total. The number of aliphatic hydroxyl groups excluding tert-OH is 1. The van der Waals surface area contributed by atoms with Crippen LogP contribution in [0.25, 0.3) is 0 Å². The topological polar surface area (TPSA) is 40.5 Å². The van der Waals surface area contributed by atoms with Gasteiger partial charge in [-0.25, -0.2) is 4.39 Å². The fourth-order valence-electron chi connectivity index (χ4n) is 2.28. The number of β-amino-alcohol motifs (C(OH)–C–C–N with tert-alkyl or cyclic N) is 1. The predicted octanol–water partition coefficient (Wildman–Crippen LogP) is 1.98. The summed E-state index contributed by atoms with van der Waals surface area (Å²) in [5, 5.41) is 9.79. The molecular weight excluding hydrogens is 233 g/mol. The van der Waals surface area contributed by atoms with Crippen LogP contribution >= 0.6 is 0 Å². The van der Waals surface area contributed by atoms with E-state index in [1.807, 2.05) is 6.92 Å². The first-order chi connectivity index (χ1) is 8.47. The molecule has 2 unspecified atom stereocenters. The largest absolute Gasteiger partial charge is 0.391 e. The molecule has 1 fully saturated rings. The van der Waals surface area contributed by atoms with Crippen molar-refractivity contribution in [1.82, 2.24) is 4.90 Å². The number of halogens is 1. The molecule has 1 heterocycles. The average Bonchev–Trinajstić information content (AvgIpc) is 2.30. The van der Waals surface area contributed by atoms with Crippen LogP contribution < -0.4 is 0 Å². The van der Waals surface area contributed by atoms with Crippen molar-refractivity contribution in [2.45, 2.75) is 26.4 Å². The zero-order valence-corrected chi connectivity index (χ0v) is 10.7. The van der Waals surface area contributed by atoms with Gasteiger partial charge in [0.15, 0.2) is 0 Å². The normalized spacial score (nSPS) is 24.1. The Labute approximate surface area is 106 Å². The van der Waals surface area contributed by atoms with Crippen molar-refractivity contribution < 1.29 is 14.3 Å². The van der Waals surface area contributed by atoms with Crippen molar-refractivity contribution >= 4 is 5.91 Å². The lowest BCUT2D eigenvalue weighted by atomic mass is 9.95. The molecule has 1 aliphatic heterocycles. The summed E-state index contributed by atoms with van der Waals surface area (Å²) < 4.78 is 13.3. The molecular formula is C14H18FNO2. The van der Waals surface area contributed by atoms with Gasteiger partial charge in [0, 0.05) is 18.7 Å². The Hall–Kier alpha value is -1.42. The van der Waals surface area contributed by atoms with E-state index < -0.39 is 11.9 Å². The summed E-state index contributed by atoms with van der Waals surface area (Å²) >= 11 is 0. The monoisotopic (exact) mass is 251 g/mol. The minimum Gasteiger partial charge on any atom is -0.391 e. The maximum Gasteiger partial charge on any atom is 0.254 e. The number of nitrogens with zero attached hydrogens (tertiary/aromatic N) is 1. The summed E-state index contributed by atoms with van der Waals surface area (Å²) in [7, 11) is 0. The van der Waals surface area contributed by atoms with E-state index in [2.05, 4.69) is 0 Å². The highest BCUT2D eigenvalue weighted by Gasteiger charge is 2.28. The number of amides is 1. The summed E-state index contributed by atoms with van der Waals surface area (Å²) in [6.07, 6.45) is 0.290. The molecule has 1 amide bonds. The molecule has 2 atom stereocenters. The number of hydrogen-bond donors (Lipinski definition) is 1. The third-order valence-corrected chi connectivity index (χ3v) is 3.49. The first-order valence-corrected chi connectivity index (χ1v) is 6.22. The van der Waals surface area contributed by atoms with Crippen molar-refractivity contribution in [3.63, 3.8) is 0 Å². The Morgan fingerprint density at radius 1 is 1.44 bits per heavy atom. The Morgan fingerprint density at radius 3 is 2.78 bits per heavy atom. The molecule has 0 bridgehead atoms. The van der Waals surface area contributed by atoms with Crippen LogP contribution in [0.1, 0.15) is 29.3 Å². The third kappa shape index (κ3) is 2.70. The molecule has 3 nitrogen and oxygen atoms in total. The third-order valence-electron chi connectivity index (χ3n) is 3.49. The van der Waals surface area contributed by atoms with Crippen molar-refractivity contribution in [1.29, 1.82) is 0 Å². The molecule has 18 heavy (non-hydrogen) atoms. The lowest BCUT2D eigenvalue weighted by Gasteiger charge is -2.34. The van der Waals surface area contributed by atoms with Crippen LogP contribution in [0, 0.1) is 18.7 Å². The molecule has 0 spiro atoms. The molecule has 0 aliphatic carbocycles. The number of benzene rings is 1. The van der Waals surface area contributed by atoms with Crippen LogP contribution in [0.15, 0.2) is 18.2 Å². The van der Waals surface area contributed by atoms with E-state index in [0.29, 0.717) is 18.7 Å². The van der Waals surface area contributed by atoms with Crippen LogP contribution in [0.3, 0.4) is 0 Å². The van der Waals surface area contributed by atoms with Gasteiger partial charge in [0.05, 0.1) is 6.10 Å². The van der Waals surface area contributed by atoms with Crippen molar-refractivity contribution in [2.75, 3.05) is 13.1 Å². The molecule has 0 aromatic heterocycles. The molecule has 1 saturated heterocycles. The van der Waals surface area contributed by atoms with Gasteiger partial charge in [0.2, 0.25) is 0 Å². The Morgan fingerprint density at radius 2 is 2.17 bits per heavy atom. The van der Waals surface area contributed by atoms with Gasteiger partial charge in [-0.05, 0) is 43.0 Å². The summed E-state index contributed by atoms with van der Waals surface area (Å²) in [4.78, 5) is 13.8. The summed E-state index contributed by atoms with van der Waals surface area (Å²) in [6.45, 7) is 4.67. The maximum absolute atomic E-state index is 13.3. The number of carbonyl (C=O) groups is 1. The summed E-state index contributed by atoms with van der Waals surface area (Å²) in [5.74, 6) is -0.392. The van der Waals surface area contributed by atoms with Gasteiger partial charge in [0.1, 0.15) is 5.82 Å². The lowest BCUT2D eigenvalue weighted by molar-refractivity contribution is 0.0248. The Balaban J connectivity index is 2.16. The fraction of sp³-hybridized carbons (Fsp3) is 0.500. The number of rotatable bonds is 1. The highest BCUT2D eigenvalue weighted by atomic mass is 19.1. The number of aliphatic hydroxyl groups is 1. The maximum atomic E-state index is 13.3. The number of likely N-dealkylation sites (tertiary alicyclic amines) is 1. The second-order valence-electron chi connectivity index (χ2n) is 5.10. The van der Waals surface area contributed by atoms with E-state index in [4.69, 9.17) is 0 Å². The van der Waals surface area contributed by atoms with Crippen LogP contribution in [0.2, 0.25) is 0 Å². The highest BCUT2D eigenvalue weighted by molar-refractivity contribution is 5.94. The quantitative estimate of drug-likeness (QED) is 0.829. The molecule has 2 rings (SSSR count). The van der Waals surface area contributed by atoms with Gasteiger partial charge in [-0.2, -0.15) is 0 Å². The highest BCUT2D eigenvalue weighted by Crippen LogP contribution is 2.19. The smallest absolute Gasteiger partial charge is 0.254 e. The van der Waals surface area contributed by atoms with Crippen molar-refractivity contribution in [3.8, 4) is 0 Å². The molecule has 1 aromatic carbocycles. The zero-order chi connectivity index (χ0) is 13.3. The van der Waals surface area contributed by atoms with Gasteiger partial charge in [-0.15, -0.1) is 0 Å². The zero-order valence-electron chi connectivity index (χ0n) is 10.7. The van der Waals surface area contributed by atoms with E-state index in [1.165, 1.54) is 12.1 Å². The van der Waals surface area contributed by atoms with Gasteiger partial charge in [0.25, 0.3) is 5.91 Å². The van der Waals surface area contributed by atoms with Gasteiger partial charge in [-0.3, -0.25) is 4.79 Å². The van der Waals surface area contributed by atoms with Crippen molar-refractivity contribution in [3.05, 3.63) is 35.1 Å². The van der Waals surface area contributed by atoms with Crippen LogP contribution in [0.4, 0.5) is 4.39 Å². The average molecular weight is 251 g/mol. The number of piperidine rings is 1. The van der Waals surface area contributed by atoms with Crippen LogP contribution in [0.5, 0.6) is 0 Å². The molecule has 4 heteroatoms. The minimum absolute atomic E-state index is 0.205. The van der Waals surface area contributed by atoms with Crippen LogP contribution in [-0.4, -0.2) is 35.1 Å². The Kier molecular flexibility index (Phi) is 3.66. The van der Waals surface area contributed by atoms with E-state index >= 15 is 0 Å². The number of hydrogen-bond acceptors (Lipinski definition) is 2. The standard InChI is InChI=1S/C14H18FNO2/c1-9-5-11(7-12(15)6-9)14(18)16-4-3-10(2)13(17)8-16/h5-7,10,13,17H,3-4,8H2,1-2H3. The van der Waals surface area contributed by atoms with Crippen LogP contribution in [-0.2, 0) is 0 Å². The van der Waals surface area contributed by atoms with E-state index in [9.17, 15) is 14.3 Å². The van der Waals surface area contributed by atoms with Gasteiger partial charge < -0.3 is 10.0 Å². The second-order valence-corrected chi connectivity index (χ2v) is 5.10. The number of aryl methyl sites for hydroxylation is 1. The summed E-state index contributed by atoms with van der Waals surface area (Å²) in [5.41, 5.74) is 1.08. The Bertz CT molecular complexity index is 441. The first kappa shape index (κ1) is 13.0. The SMILES string of the molecule is Cc1cc(F)cc(C(=O)N2CCC(C)C(O)C2)c1. The molecule has 0 radical (unpaired) electrons. The molecule has 0 saturated carbocycles. The second kappa shape index (κ2) is 5.06. The predicted molar refractivity (Wildman–Crippen MR) is 66.8 cm³/mol. The molecule has 98 valence electrons. The van der Waals surface area contributed by atoms with Crippen molar-refractivity contribution in [2.24, 2.45) is 5.92 Å². The fourth-order valence-corrected chi connectivity index (χ4v) is 2.28. The van der Waals surface area contributed by atoms with E-state index in [1.54, 1.807) is 17.9 Å². The molecule has 1 aliphatic rings.